The number of halogens is 2. The van der Waals surface area contributed by atoms with Crippen LogP contribution in [0.1, 0.15) is 24.8 Å². The molecule has 0 spiro atoms. The standard InChI is InChI=1S/C26H25F2NO6S/c1-34-23-16-19(8-13-22(23)18-6-3-2-4-7-18)26(14-5-15-26)29(17-24(30)31)36(32,33)21-11-9-20(10-12-21)35-25(27)28/h2-4,6-13,16,25H,5,14-15,17H2,1H3,(H,30,31). The molecule has 0 atom stereocenters. The van der Waals surface area contributed by atoms with Gasteiger partial charge in [-0.25, -0.2) is 8.42 Å². The summed E-state index contributed by atoms with van der Waals surface area (Å²) in [4.78, 5) is 11.6. The Morgan fingerprint density at radius 2 is 1.72 bits per heavy atom. The Kier molecular flexibility index (Phi) is 7.28. The molecule has 0 amide bonds. The molecule has 0 saturated heterocycles. The zero-order chi connectivity index (χ0) is 25.9. The van der Waals surface area contributed by atoms with Crippen molar-refractivity contribution in [3.05, 3.63) is 78.4 Å². The summed E-state index contributed by atoms with van der Waals surface area (Å²) in [6.45, 7) is -3.82. The lowest BCUT2D eigenvalue weighted by atomic mass is 9.71. The number of alkyl halides is 2. The quantitative estimate of drug-likeness (QED) is 0.401. The van der Waals surface area contributed by atoms with E-state index in [0.717, 1.165) is 39.7 Å². The van der Waals surface area contributed by atoms with Gasteiger partial charge in [-0.2, -0.15) is 13.1 Å². The topological polar surface area (TPSA) is 93.1 Å². The normalized spacial score (nSPS) is 14.9. The number of ether oxygens (including phenoxy) is 2. The van der Waals surface area contributed by atoms with E-state index in [4.69, 9.17) is 4.74 Å². The molecular weight excluding hydrogens is 492 g/mol. The number of carboxylic acids is 1. The van der Waals surface area contributed by atoms with Crippen LogP contribution in [0.25, 0.3) is 11.1 Å². The summed E-state index contributed by atoms with van der Waals surface area (Å²) in [6.07, 6.45) is 1.54. The van der Waals surface area contributed by atoms with Crippen molar-refractivity contribution in [1.29, 1.82) is 0 Å². The van der Waals surface area contributed by atoms with Crippen LogP contribution in [0.15, 0.2) is 77.7 Å². The first-order chi connectivity index (χ1) is 17.2. The maximum atomic E-state index is 13.7. The second-order valence-electron chi connectivity index (χ2n) is 8.42. The van der Waals surface area contributed by atoms with Crippen molar-refractivity contribution >= 4 is 16.0 Å². The zero-order valence-corrected chi connectivity index (χ0v) is 20.3. The predicted octanol–water partition coefficient (Wildman–Crippen LogP) is 5.12. The van der Waals surface area contributed by atoms with E-state index < -0.39 is 34.7 Å². The molecule has 0 aromatic heterocycles. The SMILES string of the molecule is COc1cc(C2(N(CC(=O)O)S(=O)(=O)c3ccc(OC(F)F)cc3)CCC2)ccc1-c1ccccc1. The minimum atomic E-state index is -4.32. The largest absolute Gasteiger partial charge is 0.496 e. The van der Waals surface area contributed by atoms with E-state index in [1.165, 1.54) is 7.11 Å². The van der Waals surface area contributed by atoms with Crippen LogP contribution in [0.4, 0.5) is 8.78 Å². The van der Waals surface area contributed by atoms with E-state index in [0.29, 0.717) is 30.6 Å². The number of rotatable bonds is 10. The number of nitrogens with zero attached hydrogens (tertiary/aromatic N) is 1. The van der Waals surface area contributed by atoms with E-state index >= 15 is 0 Å². The molecule has 1 aliphatic carbocycles. The smallest absolute Gasteiger partial charge is 0.387 e. The Balaban J connectivity index is 1.77. The van der Waals surface area contributed by atoms with Crippen molar-refractivity contribution in [3.63, 3.8) is 0 Å². The Bertz CT molecular complexity index is 1330. The first-order valence-electron chi connectivity index (χ1n) is 11.2. The summed E-state index contributed by atoms with van der Waals surface area (Å²) < 4.78 is 63.3. The van der Waals surface area contributed by atoms with Gasteiger partial charge in [0.25, 0.3) is 0 Å². The van der Waals surface area contributed by atoms with Gasteiger partial charge in [-0.1, -0.05) is 42.5 Å². The highest BCUT2D eigenvalue weighted by Crippen LogP contribution is 2.50. The van der Waals surface area contributed by atoms with Crippen LogP contribution in [0.2, 0.25) is 0 Å². The van der Waals surface area contributed by atoms with Crippen molar-refractivity contribution in [2.24, 2.45) is 0 Å². The Hall–Kier alpha value is -3.50. The molecule has 1 N–H and O–H groups in total. The first kappa shape index (κ1) is 25.6. The maximum absolute atomic E-state index is 13.7. The molecule has 3 aromatic rings. The highest BCUT2D eigenvalue weighted by atomic mass is 32.2. The molecule has 1 saturated carbocycles. The van der Waals surface area contributed by atoms with Gasteiger partial charge in [0.05, 0.1) is 17.5 Å². The Morgan fingerprint density at radius 1 is 1.06 bits per heavy atom. The van der Waals surface area contributed by atoms with Gasteiger partial charge in [0.15, 0.2) is 0 Å². The third-order valence-electron chi connectivity index (χ3n) is 6.40. The summed E-state index contributed by atoms with van der Waals surface area (Å²) >= 11 is 0. The molecular formula is C26H25F2NO6S. The molecule has 190 valence electrons. The number of methoxy groups -OCH3 is 1. The van der Waals surface area contributed by atoms with E-state index in [2.05, 4.69) is 4.74 Å². The van der Waals surface area contributed by atoms with Crippen LogP contribution in [-0.4, -0.2) is 44.1 Å². The lowest BCUT2D eigenvalue weighted by Gasteiger charge is -2.49. The summed E-state index contributed by atoms with van der Waals surface area (Å²) in [6, 6.07) is 19.4. The molecule has 0 aliphatic heterocycles. The predicted molar refractivity (Wildman–Crippen MR) is 129 cm³/mol. The van der Waals surface area contributed by atoms with Crippen LogP contribution in [0.5, 0.6) is 11.5 Å². The van der Waals surface area contributed by atoms with Gasteiger partial charge in [-0.05, 0) is 60.7 Å². The fraction of sp³-hybridized carbons (Fsp3) is 0.269. The van der Waals surface area contributed by atoms with Gasteiger partial charge in [0.2, 0.25) is 10.0 Å². The molecule has 0 unspecified atom stereocenters. The Morgan fingerprint density at radius 3 is 2.25 bits per heavy atom. The van der Waals surface area contributed by atoms with Gasteiger partial charge >= 0.3 is 12.6 Å². The molecule has 0 radical (unpaired) electrons. The molecule has 0 bridgehead atoms. The average Bonchev–Trinajstić information content (AvgIpc) is 2.83. The van der Waals surface area contributed by atoms with Crippen molar-refractivity contribution in [2.75, 3.05) is 13.7 Å². The molecule has 1 fully saturated rings. The van der Waals surface area contributed by atoms with Gasteiger partial charge in [0.1, 0.15) is 18.0 Å². The second kappa shape index (κ2) is 10.2. The zero-order valence-electron chi connectivity index (χ0n) is 19.4. The highest BCUT2D eigenvalue weighted by Gasteiger charge is 2.50. The van der Waals surface area contributed by atoms with Crippen molar-refractivity contribution < 1.29 is 36.6 Å². The lowest BCUT2D eigenvalue weighted by Crippen LogP contribution is -2.55. The van der Waals surface area contributed by atoms with E-state index in [1.54, 1.807) is 12.1 Å². The number of carbonyl (C=O) groups is 1. The molecule has 7 nitrogen and oxygen atoms in total. The monoisotopic (exact) mass is 517 g/mol. The summed E-state index contributed by atoms with van der Waals surface area (Å²) in [5.41, 5.74) is 1.26. The number of sulfonamides is 1. The fourth-order valence-corrected chi connectivity index (χ4v) is 6.30. The van der Waals surface area contributed by atoms with Crippen molar-refractivity contribution in [1.82, 2.24) is 4.31 Å². The van der Waals surface area contributed by atoms with Crippen LogP contribution < -0.4 is 9.47 Å². The summed E-state index contributed by atoms with van der Waals surface area (Å²) in [5, 5.41) is 9.63. The fourth-order valence-electron chi connectivity index (χ4n) is 4.54. The number of carboxylic acid groups (broad SMARTS) is 1. The second-order valence-corrected chi connectivity index (χ2v) is 10.3. The molecule has 0 heterocycles. The average molecular weight is 518 g/mol. The molecule has 10 heteroatoms. The van der Waals surface area contributed by atoms with Gasteiger partial charge in [0, 0.05) is 5.56 Å². The summed E-state index contributed by atoms with van der Waals surface area (Å²) in [7, 11) is -2.80. The third-order valence-corrected chi connectivity index (χ3v) is 8.32. The van der Waals surface area contributed by atoms with Crippen LogP contribution in [0, 0.1) is 0 Å². The number of hydrogen-bond donors (Lipinski definition) is 1. The number of benzene rings is 3. The molecule has 36 heavy (non-hydrogen) atoms. The minimum Gasteiger partial charge on any atom is -0.496 e. The van der Waals surface area contributed by atoms with Gasteiger partial charge < -0.3 is 14.6 Å². The van der Waals surface area contributed by atoms with Crippen LogP contribution in [0.3, 0.4) is 0 Å². The lowest BCUT2D eigenvalue weighted by molar-refractivity contribution is -0.139. The van der Waals surface area contributed by atoms with Crippen molar-refractivity contribution in [2.45, 2.75) is 36.3 Å². The number of hydrogen-bond acceptors (Lipinski definition) is 5. The highest BCUT2D eigenvalue weighted by molar-refractivity contribution is 7.89. The van der Waals surface area contributed by atoms with E-state index in [1.807, 2.05) is 36.4 Å². The van der Waals surface area contributed by atoms with Crippen LogP contribution >= 0.6 is 0 Å². The minimum absolute atomic E-state index is 0.201. The first-order valence-corrected chi connectivity index (χ1v) is 12.6. The number of aliphatic carboxylic acids is 1. The molecule has 4 rings (SSSR count). The summed E-state index contributed by atoms with van der Waals surface area (Å²) in [5.74, 6) is -0.977. The van der Waals surface area contributed by atoms with E-state index in [9.17, 15) is 27.1 Å². The maximum Gasteiger partial charge on any atom is 0.387 e. The van der Waals surface area contributed by atoms with Gasteiger partial charge in [-0.15, -0.1) is 0 Å². The Labute approximate surface area is 207 Å². The van der Waals surface area contributed by atoms with Crippen LogP contribution in [-0.2, 0) is 20.4 Å². The van der Waals surface area contributed by atoms with E-state index in [-0.39, 0.29) is 10.6 Å². The molecule has 3 aromatic carbocycles. The van der Waals surface area contributed by atoms with Crippen molar-refractivity contribution in [3.8, 4) is 22.6 Å². The third kappa shape index (κ3) is 4.91. The molecule has 1 aliphatic rings. The van der Waals surface area contributed by atoms with Gasteiger partial charge in [-0.3, -0.25) is 4.79 Å².